The fourth-order valence-corrected chi connectivity index (χ4v) is 10.3. The number of amidine groups is 2. The van der Waals surface area contributed by atoms with E-state index in [9.17, 15) is 42.0 Å². The average molecular weight is 1090 g/mol. The molecule has 0 aromatic heterocycles. The van der Waals surface area contributed by atoms with Crippen LogP contribution in [-0.4, -0.2) is 116 Å². The summed E-state index contributed by atoms with van der Waals surface area (Å²) in [4.78, 5) is 101. The Kier molecular flexibility index (Phi) is 28.5. The van der Waals surface area contributed by atoms with Gasteiger partial charge < -0.3 is 32.5 Å². The Bertz CT molecular complexity index is 2510. The molecule has 0 spiro atoms. The number of carbonyl (C=O) groups excluding carboxylic acids is 6. The van der Waals surface area contributed by atoms with Gasteiger partial charge in [0.05, 0.1) is 33.6 Å². The lowest BCUT2D eigenvalue weighted by atomic mass is 9.85. The Morgan fingerprint density at radius 2 is 1.19 bits per heavy atom. The molecule has 0 bridgehead atoms. The number of carboxylic acids is 1. The zero-order chi connectivity index (χ0) is 55.5. The first-order chi connectivity index (χ1) is 36.4. The summed E-state index contributed by atoms with van der Waals surface area (Å²) in [6.45, 7) is 6.08. The normalized spacial score (nSPS) is 15.2. The van der Waals surface area contributed by atoms with E-state index >= 15 is 0 Å². The number of ketones is 1. The molecule has 1 unspecified atom stereocenters. The van der Waals surface area contributed by atoms with Crippen LogP contribution in [0.1, 0.15) is 151 Å². The molecule has 3 aromatic carbocycles. The second-order valence-electron chi connectivity index (χ2n) is 19.6. The van der Waals surface area contributed by atoms with Crippen LogP contribution < -0.4 is 32.1 Å². The molecule has 1 aliphatic heterocycles. The van der Waals surface area contributed by atoms with Crippen LogP contribution in [0.4, 0.5) is 0 Å². The first-order valence-electron chi connectivity index (χ1n) is 26.6. The largest absolute Gasteiger partial charge is 0.481 e. The first kappa shape index (κ1) is 64.5. The number of sulfonamides is 1. The molecule has 1 fully saturated rings. The van der Waals surface area contributed by atoms with Gasteiger partial charge in [-0.05, 0) is 101 Å². The van der Waals surface area contributed by atoms with E-state index in [-0.39, 0.29) is 73.7 Å². The van der Waals surface area contributed by atoms with Crippen molar-refractivity contribution in [1.29, 1.82) is 0 Å². The third-order valence-electron chi connectivity index (χ3n) is 13.4. The third-order valence-corrected chi connectivity index (χ3v) is 14.9. The number of amides is 5. The maximum Gasteiger partial charge on any atom is 0.306 e. The number of Topliss-reactive ketones (excluding diaryl/α,β-unsaturated/α-hetero) is 1. The molecule has 5 amide bonds. The van der Waals surface area contributed by atoms with Crippen LogP contribution in [0.3, 0.4) is 0 Å². The molecule has 1 saturated carbocycles. The Labute approximate surface area is 455 Å². The fraction of sp³-hybridized carbons (Fsp3) is 0.526. The van der Waals surface area contributed by atoms with Crippen LogP contribution in [0.25, 0.3) is 0 Å². The highest BCUT2D eigenvalue weighted by molar-refractivity contribution is 7.89. The van der Waals surface area contributed by atoms with Crippen LogP contribution >= 0.6 is 0 Å². The number of fused-ring (bicyclic) bond motifs is 1. The Morgan fingerprint density at radius 1 is 0.675 bits per heavy atom. The minimum Gasteiger partial charge on any atom is -0.481 e. The maximum absolute atomic E-state index is 14.2. The third kappa shape index (κ3) is 22.4. The highest BCUT2D eigenvalue weighted by Gasteiger charge is 2.36. The van der Waals surface area contributed by atoms with Crippen LogP contribution in [0, 0.1) is 17.8 Å². The van der Waals surface area contributed by atoms with Gasteiger partial charge in [-0.15, -0.1) is 0 Å². The number of hydrogen-bond donors (Lipinski definition) is 7. The highest BCUT2D eigenvalue weighted by Crippen LogP contribution is 2.35. The van der Waals surface area contributed by atoms with Crippen molar-refractivity contribution in [2.45, 2.75) is 148 Å². The Balaban J connectivity index is 0.00000107. The number of unbranched alkanes of at least 4 members (excludes halogenated alkanes) is 5. The smallest absolute Gasteiger partial charge is 0.306 e. The van der Waals surface area contributed by atoms with E-state index in [4.69, 9.17) is 16.6 Å². The lowest BCUT2D eigenvalue weighted by molar-refractivity contribution is -0.141. The standard InChI is InChI=1S/C48H63N7O8S.C8H16N2O2.CH4/c1-34(49)50-29-18-28-41(45(58)54-42(33-35-19-8-6-9-20-35)43(56)46(59)51-30-31-52-64(62,63)37-23-10-7-11-24-37)53-44(57)38(36-21-13-14-22-36)25-12-4-2-3-5-17-32-55-47(60)39-26-15-16-27-40(39)48(55)61;1-6(8(11)12)4-3-5-10-7(2)9;/h6-11,15-16,19-20,23-24,26-27,36,38,41-42,52H,2-5,12-14,17-18,21-22,25,28-33H2,1H3,(H2,49,50)(H,51,59)(H,53,57)(H,54,58);6H,3-5H2,1-2H3,(H2,9,10)(H,11,12);1H4/t38?,41-,42-;6-;/m01./s1. The number of hydrogen-bond acceptors (Lipinski definition) is 11. The minimum absolute atomic E-state index is 0. The number of nitrogens with one attached hydrogen (secondary N) is 4. The van der Waals surface area contributed by atoms with E-state index in [1.54, 1.807) is 87.5 Å². The quantitative estimate of drug-likeness (QED) is 0.0118. The van der Waals surface area contributed by atoms with Crippen LogP contribution in [0.5, 0.6) is 0 Å². The summed E-state index contributed by atoms with van der Waals surface area (Å²) in [6, 6.07) is 21.3. The van der Waals surface area contributed by atoms with E-state index in [1.165, 1.54) is 17.0 Å². The number of imide groups is 1. The molecule has 2 aliphatic rings. The number of carboxylic acid groups (broad SMARTS) is 1. The lowest BCUT2D eigenvalue weighted by Gasteiger charge is -2.27. The van der Waals surface area contributed by atoms with Gasteiger partial charge in [-0.3, -0.25) is 48.4 Å². The van der Waals surface area contributed by atoms with Crippen molar-refractivity contribution in [2.24, 2.45) is 39.2 Å². The Morgan fingerprint density at radius 3 is 1.77 bits per heavy atom. The van der Waals surface area contributed by atoms with Crippen molar-refractivity contribution < 1.29 is 47.1 Å². The van der Waals surface area contributed by atoms with Gasteiger partial charge in [0.2, 0.25) is 27.6 Å². The van der Waals surface area contributed by atoms with Crippen molar-refractivity contribution in [1.82, 2.24) is 25.6 Å². The molecule has 5 rings (SSSR count). The van der Waals surface area contributed by atoms with E-state index in [2.05, 4.69) is 30.7 Å². The molecular weight excluding hydrogens is 1000 g/mol. The highest BCUT2D eigenvalue weighted by atomic mass is 32.2. The molecule has 4 atom stereocenters. The second-order valence-corrected chi connectivity index (χ2v) is 21.3. The molecule has 77 heavy (non-hydrogen) atoms. The Hall–Kier alpha value is -6.80. The molecule has 422 valence electrons. The van der Waals surface area contributed by atoms with E-state index in [0.29, 0.717) is 67.3 Å². The monoisotopic (exact) mass is 1090 g/mol. The summed E-state index contributed by atoms with van der Waals surface area (Å²) < 4.78 is 27.6. The number of benzene rings is 3. The predicted octanol–water partition coefficient (Wildman–Crippen LogP) is 6.35. The van der Waals surface area contributed by atoms with Gasteiger partial charge in [0.25, 0.3) is 17.7 Å². The summed E-state index contributed by atoms with van der Waals surface area (Å²) >= 11 is 0. The fourth-order valence-electron chi connectivity index (χ4n) is 9.22. The minimum atomic E-state index is -3.83. The summed E-state index contributed by atoms with van der Waals surface area (Å²) in [5.41, 5.74) is 12.7. The van der Waals surface area contributed by atoms with Crippen molar-refractivity contribution in [2.75, 3.05) is 32.7 Å². The molecule has 20 heteroatoms. The summed E-state index contributed by atoms with van der Waals surface area (Å²) in [7, 11) is -3.83. The number of carbonyl (C=O) groups is 7. The van der Waals surface area contributed by atoms with Gasteiger partial charge in [-0.25, -0.2) is 13.1 Å². The molecular formula is C57H83N9O10S. The van der Waals surface area contributed by atoms with Gasteiger partial charge in [0.15, 0.2) is 0 Å². The number of nitrogens with zero attached hydrogens (tertiary/aromatic N) is 3. The van der Waals surface area contributed by atoms with Gasteiger partial charge in [0.1, 0.15) is 12.1 Å². The van der Waals surface area contributed by atoms with Gasteiger partial charge in [-0.1, -0.05) is 120 Å². The SMILES string of the molecule is C.CC(N)=NCCC[C@@H](C)C(=O)O.CC(N)=NCCC[C@H](NC(=O)C(CCCCCCCCN1C(=O)c2ccccc2C1=O)C1CCCC1)C(=O)N[C@@H](Cc1ccccc1)C(=O)C(=O)NCCNS(=O)(=O)c1ccccc1. The zero-order valence-electron chi connectivity index (χ0n) is 44.3. The molecule has 0 saturated heterocycles. The number of aliphatic carboxylic acids is 1. The molecule has 1 heterocycles. The van der Waals surface area contributed by atoms with Crippen LogP contribution in [-0.2, 0) is 40.4 Å². The average Bonchev–Trinajstić information content (AvgIpc) is 4.02. The number of aliphatic imine (C=N–C) groups is 2. The number of nitrogens with two attached hydrogens (primary N) is 2. The lowest BCUT2D eigenvalue weighted by Crippen LogP contribution is -2.55. The molecule has 19 nitrogen and oxygen atoms in total. The second kappa shape index (κ2) is 34.1. The van der Waals surface area contributed by atoms with Crippen LogP contribution in [0.15, 0.2) is 99.8 Å². The van der Waals surface area contributed by atoms with Crippen molar-refractivity contribution >= 4 is 63.0 Å². The molecule has 0 radical (unpaired) electrons. The topological polar surface area (TPSA) is 302 Å². The zero-order valence-corrected chi connectivity index (χ0v) is 45.2. The first-order valence-corrected chi connectivity index (χ1v) is 28.1. The molecule has 1 aliphatic carbocycles. The maximum atomic E-state index is 14.2. The molecule has 9 N–H and O–H groups in total. The van der Waals surface area contributed by atoms with E-state index in [0.717, 1.165) is 70.6 Å². The van der Waals surface area contributed by atoms with E-state index in [1.807, 2.05) is 6.07 Å². The number of rotatable bonds is 32. The predicted molar refractivity (Wildman–Crippen MR) is 300 cm³/mol. The van der Waals surface area contributed by atoms with Crippen molar-refractivity contribution in [3.63, 3.8) is 0 Å². The summed E-state index contributed by atoms with van der Waals surface area (Å²) in [5, 5.41) is 16.8. The summed E-state index contributed by atoms with van der Waals surface area (Å²) in [6.07, 6.45) is 11.9. The summed E-state index contributed by atoms with van der Waals surface area (Å²) in [5.74, 6) is -3.40. The molecule has 3 aromatic rings. The van der Waals surface area contributed by atoms with Crippen LogP contribution in [0.2, 0.25) is 0 Å². The van der Waals surface area contributed by atoms with Crippen molar-refractivity contribution in [3.05, 3.63) is 102 Å². The van der Waals surface area contributed by atoms with Gasteiger partial charge >= 0.3 is 5.97 Å². The van der Waals surface area contributed by atoms with Gasteiger partial charge in [-0.2, -0.15) is 0 Å². The van der Waals surface area contributed by atoms with Crippen molar-refractivity contribution in [3.8, 4) is 0 Å². The van der Waals surface area contributed by atoms with E-state index < -0.39 is 45.7 Å². The van der Waals surface area contributed by atoms with Gasteiger partial charge in [0, 0.05) is 45.1 Å².